The van der Waals surface area contributed by atoms with Gasteiger partial charge in [-0.15, -0.1) is 0 Å². The summed E-state index contributed by atoms with van der Waals surface area (Å²) in [5.41, 5.74) is 3.19. The summed E-state index contributed by atoms with van der Waals surface area (Å²) in [5, 5.41) is 12.9. The lowest BCUT2D eigenvalue weighted by Gasteiger charge is -2.62. The number of hydrogen-bond donors (Lipinski definition) is 4. The third-order valence-electron chi connectivity index (χ3n) is 13.2. The van der Waals surface area contributed by atoms with Crippen LogP contribution in [0.2, 0.25) is 0 Å². The molecule has 6 N–H and O–H groups in total. The zero-order chi connectivity index (χ0) is 34.1. The van der Waals surface area contributed by atoms with E-state index in [1.807, 2.05) is 17.6 Å². The summed E-state index contributed by atoms with van der Waals surface area (Å²) in [6, 6.07) is 7.25. The average Bonchev–Trinajstić information content (AvgIpc) is 3.43. The van der Waals surface area contributed by atoms with Crippen LogP contribution in [0.1, 0.15) is 107 Å². The number of carbonyl (C=O) groups is 3. The number of amides is 2. The Labute approximate surface area is 279 Å². The lowest BCUT2D eigenvalue weighted by atomic mass is 9.43. The average molecular weight is 657 g/mol. The van der Waals surface area contributed by atoms with Gasteiger partial charge in [-0.25, -0.2) is 16.5 Å². The van der Waals surface area contributed by atoms with Gasteiger partial charge >= 0.3 is 5.97 Å². The molecule has 4 aliphatic carbocycles. The molecule has 11 nitrogen and oxygen atoms in total. The minimum absolute atomic E-state index is 0.106. The summed E-state index contributed by atoms with van der Waals surface area (Å²) in [6.07, 6.45) is 7.75. The Bertz CT molecular complexity index is 1290. The lowest BCUT2D eigenvalue weighted by Crippen LogP contribution is -2.59. The van der Waals surface area contributed by atoms with Crippen molar-refractivity contribution in [2.24, 2.45) is 58.0 Å². The van der Waals surface area contributed by atoms with E-state index < -0.39 is 18.3 Å². The van der Waals surface area contributed by atoms with E-state index in [0.29, 0.717) is 41.6 Å². The molecule has 0 aliphatic heterocycles. The first-order valence-corrected chi connectivity index (χ1v) is 17.5. The molecule has 0 unspecified atom stereocenters. The molecule has 262 valence electrons. The van der Waals surface area contributed by atoms with Gasteiger partial charge in [0.2, 0.25) is 5.91 Å². The first kappa shape index (κ1) is 35.7. The van der Waals surface area contributed by atoms with Crippen molar-refractivity contribution in [3.8, 4) is 0 Å². The maximum Gasteiger partial charge on any atom is 0.338 e. The van der Waals surface area contributed by atoms with Crippen LogP contribution >= 0.6 is 0 Å². The molecule has 4 fully saturated rings. The highest BCUT2D eigenvalue weighted by Crippen LogP contribution is 2.68. The van der Waals surface area contributed by atoms with E-state index in [0.717, 1.165) is 61.9 Å². The molecule has 0 saturated heterocycles. The van der Waals surface area contributed by atoms with E-state index in [2.05, 4.69) is 20.8 Å². The third kappa shape index (κ3) is 6.84. The Balaban J connectivity index is 1.20. The number of nitrogens with two attached hydrogens (primary N) is 2. The van der Waals surface area contributed by atoms with Crippen molar-refractivity contribution in [2.75, 3.05) is 20.8 Å². The second-order valence-electron chi connectivity index (χ2n) is 15.3. The van der Waals surface area contributed by atoms with Gasteiger partial charge in [-0.3, -0.25) is 20.0 Å². The Morgan fingerprint density at radius 2 is 1.81 bits per heavy atom. The first-order chi connectivity index (χ1) is 22.4. The number of nitrogens with one attached hydrogen (secondary N) is 1. The van der Waals surface area contributed by atoms with Gasteiger partial charge < -0.3 is 19.3 Å². The smallest absolute Gasteiger partial charge is 0.338 e. The van der Waals surface area contributed by atoms with Crippen molar-refractivity contribution >= 4 is 17.8 Å². The number of nitrogens with zero attached hydrogens (tertiary/aromatic N) is 1. The predicted molar refractivity (Wildman–Crippen MR) is 176 cm³/mol. The normalized spacial score (nSPS) is 35.3. The number of hydrogen-bond acceptors (Lipinski definition) is 9. The number of methoxy groups -OCH3 is 2. The summed E-state index contributed by atoms with van der Waals surface area (Å²) in [7, 11) is 3.14. The fraction of sp³-hybridized carbons (Fsp3) is 0.750. The van der Waals surface area contributed by atoms with Crippen molar-refractivity contribution < 1.29 is 33.7 Å². The Morgan fingerprint density at radius 3 is 2.51 bits per heavy atom. The summed E-state index contributed by atoms with van der Waals surface area (Å²) in [5.74, 6) is 12.3. The Morgan fingerprint density at radius 1 is 1.06 bits per heavy atom. The molecule has 0 radical (unpaired) electrons. The molecule has 0 heterocycles. The quantitative estimate of drug-likeness (QED) is 0.0896. The van der Waals surface area contributed by atoms with Gasteiger partial charge in [-0.05, 0) is 116 Å². The highest BCUT2D eigenvalue weighted by molar-refractivity contribution is 5.89. The zero-order valence-corrected chi connectivity index (χ0v) is 28.8. The van der Waals surface area contributed by atoms with Gasteiger partial charge in [0.1, 0.15) is 12.6 Å². The van der Waals surface area contributed by atoms with Crippen LogP contribution in [0.15, 0.2) is 24.3 Å². The van der Waals surface area contributed by atoms with Crippen LogP contribution in [0.3, 0.4) is 0 Å². The van der Waals surface area contributed by atoms with Crippen LogP contribution in [-0.4, -0.2) is 60.9 Å². The SMILES string of the molecule is COC(OC)c1cccc(C(=O)O[C@@H]2CC[C@@]3(C)[C@H](CC[C@@H]4[C@@H]3C[C@H](O)[C@]3(C)[C@@H]([C@H](C)CCC(=O)N(N)CC(=O)NN)CC[C@@H]43)C2)c1. The van der Waals surface area contributed by atoms with Gasteiger partial charge in [0, 0.05) is 26.2 Å². The van der Waals surface area contributed by atoms with Crippen LogP contribution in [-0.2, 0) is 23.8 Å². The molecule has 0 spiro atoms. The van der Waals surface area contributed by atoms with Gasteiger partial charge in [0.15, 0.2) is 6.29 Å². The van der Waals surface area contributed by atoms with Gasteiger partial charge in [-0.2, -0.15) is 0 Å². The van der Waals surface area contributed by atoms with Crippen molar-refractivity contribution in [2.45, 2.75) is 103 Å². The second kappa shape index (κ2) is 14.5. The Hall–Kier alpha value is -2.57. The van der Waals surface area contributed by atoms with Crippen molar-refractivity contribution in [3.05, 3.63) is 35.4 Å². The van der Waals surface area contributed by atoms with Crippen molar-refractivity contribution in [1.82, 2.24) is 10.4 Å². The molecule has 11 heteroatoms. The molecule has 0 aromatic heterocycles. The molecule has 1 aromatic carbocycles. The fourth-order valence-corrected chi connectivity index (χ4v) is 10.6. The summed E-state index contributed by atoms with van der Waals surface area (Å²) < 4.78 is 16.8. The first-order valence-electron chi connectivity index (χ1n) is 17.5. The largest absolute Gasteiger partial charge is 0.459 e. The number of aliphatic hydroxyl groups is 1. The molecule has 10 atom stereocenters. The van der Waals surface area contributed by atoms with Crippen LogP contribution in [0, 0.1) is 46.3 Å². The van der Waals surface area contributed by atoms with Crippen LogP contribution in [0.25, 0.3) is 0 Å². The highest BCUT2D eigenvalue weighted by Gasteiger charge is 2.63. The summed E-state index contributed by atoms with van der Waals surface area (Å²) >= 11 is 0. The zero-order valence-electron chi connectivity index (χ0n) is 28.8. The monoisotopic (exact) mass is 656 g/mol. The van der Waals surface area contributed by atoms with Crippen LogP contribution in [0.5, 0.6) is 0 Å². The molecular formula is C36H56N4O7. The number of rotatable bonds is 11. The standard InChI is InChI=1S/C36H56N4O7/c1-21(9-14-32(43)40(38)20-31(42)39-37)27-12-13-28-26-11-10-24-18-25(15-16-35(24,2)29(26)19-30(41)36(27,28)3)47-33(44)22-7-6-8-23(17-22)34(45-4)46-5/h6-8,17,21,24-30,34,41H,9-16,18-20,37-38H2,1-5H3,(H,39,42)/t21-,24-,25-,26+,27-,28+,29+,30+,35+,36-/m1/s1. The number of carbonyl (C=O) groups excluding carboxylic acids is 3. The summed E-state index contributed by atoms with van der Waals surface area (Å²) in [6.45, 7) is 6.67. The predicted octanol–water partition coefficient (Wildman–Crippen LogP) is 4.24. The fourth-order valence-electron chi connectivity index (χ4n) is 10.6. The van der Waals surface area contributed by atoms with E-state index in [9.17, 15) is 19.5 Å². The highest BCUT2D eigenvalue weighted by atomic mass is 16.7. The van der Waals surface area contributed by atoms with Crippen molar-refractivity contribution in [3.63, 3.8) is 0 Å². The van der Waals surface area contributed by atoms with Gasteiger partial charge in [-0.1, -0.05) is 32.9 Å². The molecule has 4 aliphatic rings. The van der Waals surface area contributed by atoms with Gasteiger partial charge in [0.25, 0.3) is 5.91 Å². The molecule has 47 heavy (non-hydrogen) atoms. The second-order valence-corrected chi connectivity index (χ2v) is 15.3. The number of esters is 1. The van der Waals surface area contributed by atoms with E-state index >= 15 is 0 Å². The minimum atomic E-state index is -0.539. The number of hydrazine groups is 2. The number of benzene rings is 1. The number of ether oxygens (including phenoxy) is 3. The van der Waals surface area contributed by atoms with E-state index in [-0.39, 0.29) is 47.7 Å². The van der Waals surface area contributed by atoms with Gasteiger partial charge in [0.05, 0.1) is 11.7 Å². The number of aliphatic hydroxyl groups excluding tert-OH is 1. The van der Waals surface area contributed by atoms with E-state index in [1.165, 1.54) is 0 Å². The van der Waals surface area contributed by atoms with Crippen molar-refractivity contribution in [1.29, 1.82) is 0 Å². The topological polar surface area (TPSA) is 166 Å². The lowest BCUT2D eigenvalue weighted by molar-refractivity contribution is -0.175. The van der Waals surface area contributed by atoms with Crippen LogP contribution < -0.4 is 17.1 Å². The van der Waals surface area contributed by atoms with E-state index in [4.69, 9.17) is 25.9 Å². The molecule has 5 rings (SSSR count). The molecule has 2 amide bonds. The van der Waals surface area contributed by atoms with E-state index in [1.54, 1.807) is 26.4 Å². The summed E-state index contributed by atoms with van der Waals surface area (Å²) in [4.78, 5) is 37.3. The minimum Gasteiger partial charge on any atom is -0.459 e. The molecule has 0 bridgehead atoms. The third-order valence-corrected chi connectivity index (χ3v) is 13.2. The molecule has 4 saturated carbocycles. The molecular weight excluding hydrogens is 600 g/mol. The van der Waals surface area contributed by atoms with Crippen LogP contribution in [0.4, 0.5) is 0 Å². The molecule has 1 aromatic rings. The maximum atomic E-state index is 13.2. The maximum absolute atomic E-state index is 13.2. The Kier molecular flexibility index (Phi) is 11.0. The number of fused-ring (bicyclic) bond motifs is 5.